The van der Waals surface area contributed by atoms with Crippen molar-refractivity contribution in [1.82, 2.24) is 4.90 Å². The van der Waals surface area contributed by atoms with Crippen molar-refractivity contribution in [3.63, 3.8) is 0 Å². The second-order valence-corrected chi connectivity index (χ2v) is 9.64. The van der Waals surface area contributed by atoms with Crippen molar-refractivity contribution in [2.75, 3.05) is 12.4 Å². The first kappa shape index (κ1) is 23.6. The van der Waals surface area contributed by atoms with Crippen LogP contribution in [0.25, 0.3) is 6.08 Å². The number of amides is 2. The van der Waals surface area contributed by atoms with Gasteiger partial charge in [0.15, 0.2) is 5.54 Å². The fraction of sp³-hybridized carbons (Fsp3) is 0.214. The summed E-state index contributed by atoms with van der Waals surface area (Å²) in [6.07, 6.45) is 1.78. The van der Waals surface area contributed by atoms with Crippen LogP contribution in [0.5, 0.6) is 5.75 Å². The minimum atomic E-state index is -1.47. The summed E-state index contributed by atoms with van der Waals surface area (Å²) in [5, 5.41) is 3.88. The number of halogens is 1. The summed E-state index contributed by atoms with van der Waals surface area (Å²) >= 11 is 6.37. The third kappa shape index (κ3) is 4.19. The zero-order valence-electron chi connectivity index (χ0n) is 19.6. The van der Waals surface area contributed by atoms with Crippen LogP contribution in [0.15, 0.2) is 84.4 Å². The Morgan fingerprint density at radius 3 is 2.21 bits per heavy atom. The number of carbonyl (C=O) groups is 2. The Morgan fingerprint density at radius 2 is 1.62 bits per heavy atom. The lowest BCUT2D eigenvalue weighted by molar-refractivity contribution is -0.144. The predicted octanol–water partition coefficient (Wildman–Crippen LogP) is 5.91. The number of imide groups is 1. The Bertz CT molecular complexity index is 1250. The molecule has 0 bridgehead atoms. The maximum atomic E-state index is 14.3. The van der Waals surface area contributed by atoms with Gasteiger partial charge >= 0.3 is 0 Å². The first-order chi connectivity index (χ1) is 16.2. The number of rotatable bonds is 5. The Labute approximate surface area is 205 Å². The molecule has 0 saturated carbocycles. The number of hydrogen-bond donors (Lipinski definition) is 1. The van der Waals surface area contributed by atoms with E-state index in [0.29, 0.717) is 27.6 Å². The van der Waals surface area contributed by atoms with E-state index in [2.05, 4.69) is 5.32 Å². The number of likely N-dealkylation sites (tertiary alicyclic amines) is 1. The van der Waals surface area contributed by atoms with E-state index in [4.69, 9.17) is 16.3 Å². The van der Waals surface area contributed by atoms with Crippen LogP contribution >= 0.6 is 11.6 Å². The van der Waals surface area contributed by atoms with Gasteiger partial charge < -0.3 is 10.1 Å². The van der Waals surface area contributed by atoms with Gasteiger partial charge in [-0.3, -0.25) is 14.5 Å². The summed E-state index contributed by atoms with van der Waals surface area (Å²) < 4.78 is 5.28. The second-order valence-electron chi connectivity index (χ2n) is 9.20. The van der Waals surface area contributed by atoms with Crippen molar-refractivity contribution < 1.29 is 14.3 Å². The van der Waals surface area contributed by atoms with Gasteiger partial charge in [-0.2, -0.15) is 0 Å². The molecule has 174 valence electrons. The lowest BCUT2D eigenvalue weighted by atomic mass is 9.82. The van der Waals surface area contributed by atoms with E-state index >= 15 is 0 Å². The van der Waals surface area contributed by atoms with Gasteiger partial charge in [-0.15, -0.1) is 0 Å². The third-order valence-electron chi connectivity index (χ3n) is 5.82. The smallest absolute Gasteiger partial charge is 0.265 e. The molecule has 4 rings (SSSR count). The van der Waals surface area contributed by atoms with Crippen molar-refractivity contribution in [2.45, 2.75) is 31.8 Å². The molecule has 1 saturated heterocycles. The summed E-state index contributed by atoms with van der Waals surface area (Å²) in [5.41, 5.74) is 0.194. The van der Waals surface area contributed by atoms with E-state index in [1.54, 1.807) is 43.5 Å². The molecule has 5 nitrogen and oxygen atoms in total. The summed E-state index contributed by atoms with van der Waals surface area (Å²) in [5.74, 6) is -0.0137. The number of hydrogen-bond acceptors (Lipinski definition) is 4. The minimum absolute atomic E-state index is 0.330. The Balaban J connectivity index is 2.00. The van der Waals surface area contributed by atoms with Gasteiger partial charge in [-0.1, -0.05) is 54.1 Å². The largest absolute Gasteiger partial charge is 0.497 e. The summed E-state index contributed by atoms with van der Waals surface area (Å²) in [6.45, 7) is 5.55. The van der Waals surface area contributed by atoms with E-state index in [1.165, 1.54) is 4.90 Å². The Hall–Kier alpha value is -3.57. The summed E-state index contributed by atoms with van der Waals surface area (Å²) in [4.78, 5) is 29.5. The van der Waals surface area contributed by atoms with E-state index in [9.17, 15) is 9.59 Å². The molecule has 0 aromatic heterocycles. The fourth-order valence-electron chi connectivity index (χ4n) is 4.24. The normalized spacial score (nSPS) is 19.6. The molecule has 1 aliphatic rings. The number of nitrogens with one attached hydrogen (secondary N) is 1. The standard InChI is InChI=1S/C28H27ClN2O3/c1-27(2,3)31-25(32)24(17-19-9-6-5-7-10-19)28(26(31)33,20-11-8-12-21(29)18-20)30-22-13-15-23(34-4)16-14-22/h5-18,30H,1-4H3. The second kappa shape index (κ2) is 8.99. The fourth-order valence-corrected chi connectivity index (χ4v) is 4.43. The molecule has 1 unspecified atom stereocenters. The first-order valence-electron chi connectivity index (χ1n) is 11.0. The topological polar surface area (TPSA) is 58.6 Å². The van der Waals surface area contributed by atoms with Crippen LogP contribution in [0.1, 0.15) is 31.9 Å². The van der Waals surface area contributed by atoms with E-state index < -0.39 is 11.1 Å². The average molecular weight is 475 g/mol. The number of ether oxygens (including phenoxy) is 1. The SMILES string of the molecule is COc1ccc(NC2(c3cccc(Cl)c3)C(=O)N(C(C)(C)C)C(=O)C2=Cc2ccccc2)cc1. The Morgan fingerprint density at radius 1 is 0.941 bits per heavy atom. The van der Waals surface area contributed by atoms with Crippen LogP contribution in [0.3, 0.4) is 0 Å². The highest BCUT2D eigenvalue weighted by molar-refractivity contribution is 6.31. The van der Waals surface area contributed by atoms with Crippen molar-refractivity contribution in [3.8, 4) is 5.75 Å². The van der Waals surface area contributed by atoms with Crippen LogP contribution in [0.2, 0.25) is 5.02 Å². The number of nitrogens with zero attached hydrogens (tertiary/aromatic N) is 1. The van der Waals surface area contributed by atoms with Crippen molar-refractivity contribution >= 4 is 35.2 Å². The molecular weight excluding hydrogens is 448 g/mol. The van der Waals surface area contributed by atoms with E-state index in [1.807, 2.05) is 69.3 Å². The Kier molecular flexibility index (Phi) is 6.24. The van der Waals surface area contributed by atoms with Crippen molar-refractivity contribution in [3.05, 3.63) is 101 Å². The molecule has 1 atom stereocenters. The van der Waals surface area contributed by atoms with Gasteiger partial charge in [0.1, 0.15) is 5.75 Å². The average Bonchev–Trinajstić information content (AvgIpc) is 3.02. The quantitative estimate of drug-likeness (QED) is 0.369. The highest BCUT2D eigenvalue weighted by atomic mass is 35.5. The van der Waals surface area contributed by atoms with Crippen LogP contribution in [-0.4, -0.2) is 29.4 Å². The molecule has 3 aromatic rings. The highest BCUT2D eigenvalue weighted by Crippen LogP contribution is 2.45. The van der Waals surface area contributed by atoms with Gasteiger partial charge in [-0.25, -0.2) is 0 Å². The number of anilines is 1. The van der Waals surface area contributed by atoms with Crippen molar-refractivity contribution in [2.24, 2.45) is 0 Å². The van der Waals surface area contributed by atoms with Crippen LogP contribution in [0, 0.1) is 0 Å². The molecule has 34 heavy (non-hydrogen) atoms. The lowest BCUT2D eigenvalue weighted by Crippen LogP contribution is -2.50. The molecule has 3 aromatic carbocycles. The van der Waals surface area contributed by atoms with Crippen LogP contribution in [0.4, 0.5) is 5.69 Å². The molecule has 6 heteroatoms. The molecule has 1 heterocycles. The molecule has 0 radical (unpaired) electrons. The zero-order valence-corrected chi connectivity index (χ0v) is 20.4. The van der Waals surface area contributed by atoms with E-state index in [-0.39, 0.29) is 11.8 Å². The first-order valence-corrected chi connectivity index (χ1v) is 11.4. The van der Waals surface area contributed by atoms with Crippen LogP contribution in [-0.2, 0) is 15.1 Å². The minimum Gasteiger partial charge on any atom is -0.497 e. The van der Waals surface area contributed by atoms with Gasteiger partial charge in [-0.05, 0) is 74.4 Å². The van der Waals surface area contributed by atoms with Crippen molar-refractivity contribution in [1.29, 1.82) is 0 Å². The number of benzene rings is 3. The molecular formula is C28H27ClN2O3. The predicted molar refractivity (Wildman–Crippen MR) is 136 cm³/mol. The zero-order chi connectivity index (χ0) is 24.5. The van der Waals surface area contributed by atoms with Gasteiger partial charge in [0, 0.05) is 16.2 Å². The van der Waals surface area contributed by atoms with Gasteiger partial charge in [0.2, 0.25) is 0 Å². The molecule has 2 amide bonds. The number of carbonyl (C=O) groups excluding carboxylic acids is 2. The number of methoxy groups -OCH3 is 1. The van der Waals surface area contributed by atoms with Gasteiger partial charge in [0.05, 0.1) is 12.7 Å². The maximum Gasteiger partial charge on any atom is 0.265 e. The van der Waals surface area contributed by atoms with Gasteiger partial charge in [0.25, 0.3) is 11.8 Å². The monoisotopic (exact) mass is 474 g/mol. The highest BCUT2D eigenvalue weighted by Gasteiger charge is 2.59. The third-order valence-corrected chi connectivity index (χ3v) is 6.06. The summed E-state index contributed by atoms with van der Waals surface area (Å²) in [7, 11) is 1.59. The molecule has 0 spiro atoms. The molecule has 0 aliphatic carbocycles. The maximum absolute atomic E-state index is 14.3. The van der Waals surface area contributed by atoms with Crippen LogP contribution < -0.4 is 10.1 Å². The molecule has 1 N–H and O–H groups in total. The van der Waals surface area contributed by atoms with E-state index in [0.717, 1.165) is 5.56 Å². The lowest BCUT2D eigenvalue weighted by Gasteiger charge is -2.34. The molecule has 1 aliphatic heterocycles. The summed E-state index contributed by atoms with van der Waals surface area (Å²) in [6, 6.07) is 23.8. The molecule has 1 fully saturated rings.